The first-order valence-electron chi connectivity index (χ1n) is 19.1. The number of benzene rings is 7. The van der Waals surface area contributed by atoms with Crippen molar-refractivity contribution in [2.75, 3.05) is 24.3 Å². The normalized spacial score (nSPS) is 14.0. The number of rotatable bonds is 6. The maximum atomic E-state index is 12.9. The third-order valence-corrected chi connectivity index (χ3v) is 10.7. The zero-order valence-electron chi connectivity index (χ0n) is 33.3. The first-order valence-corrected chi connectivity index (χ1v) is 19.1. The summed E-state index contributed by atoms with van der Waals surface area (Å²) in [4.78, 5) is 49.1. The maximum Gasteiger partial charge on any atom is 0.340 e. The van der Waals surface area contributed by atoms with Crippen LogP contribution in [0.5, 0.6) is 23.0 Å². The highest BCUT2D eigenvalue weighted by Gasteiger charge is 2.53. The number of phenolic OH excluding ortho intramolecular Hbond substituents is 2. The van der Waals surface area contributed by atoms with E-state index in [1.54, 1.807) is 67.7 Å². The fourth-order valence-electron chi connectivity index (χ4n) is 7.89. The molecule has 1 unspecified atom stereocenters. The highest BCUT2D eigenvalue weighted by Crippen LogP contribution is 2.57. The van der Waals surface area contributed by atoms with Crippen LogP contribution < -0.4 is 25.6 Å². The summed E-state index contributed by atoms with van der Waals surface area (Å²) in [5.41, 5.74) is 6.67. The van der Waals surface area contributed by atoms with E-state index < -0.39 is 17.5 Å². The molecule has 314 valence electrons. The van der Waals surface area contributed by atoms with E-state index in [4.69, 9.17) is 24.1 Å². The summed E-state index contributed by atoms with van der Waals surface area (Å²) in [6.07, 6.45) is 0. The minimum Gasteiger partial charge on any atom is -0.635 e. The lowest BCUT2D eigenvalue weighted by Gasteiger charge is -2.37. The number of anilines is 3. The number of esters is 1. The van der Waals surface area contributed by atoms with Gasteiger partial charge >= 0.3 is 11.9 Å². The number of fused-ring (bicyclic) bond motifs is 8. The number of aromatic carboxylic acids is 1. The van der Waals surface area contributed by atoms with Crippen molar-refractivity contribution < 1.29 is 49.0 Å². The lowest BCUT2D eigenvalue weighted by molar-refractivity contribution is -0.692. The van der Waals surface area contributed by atoms with E-state index in [0.29, 0.717) is 50.7 Å². The number of carbonyl (C=O) groups is 2. The third kappa shape index (κ3) is 7.44. The van der Waals surface area contributed by atoms with Crippen molar-refractivity contribution in [2.24, 2.45) is 5.34 Å². The highest BCUT2D eigenvalue weighted by atomic mass is 17.2. The second-order valence-corrected chi connectivity index (χ2v) is 14.3. The van der Waals surface area contributed by atoms with Gasteiger partial charge < -0.3 is 49.7 Å². The number of aromatic hydroxyl groups is 2. The number of carboxylic acids is 1. The lowest BCUT2D eigenvalue weighted by atomic mass is 9.77. The van der Waals surface area contributed by atoms with Crippen molar-refractivity contribution in [1.82, 2.24) is 0 Å². The van der Waals surface area contributed by atoms with Crippen LogP contribution in [0.4, 0.5) is 17.1 Å². The molecule has 0 radical (unpaired) electrons. The van der Waals surface area contributed by atoms with Crippen molar-refractivity contribution in [3.8, 4) is 45.4 Å². The Balaban J connectivity index is 0.000000163. The Bertz CT molecular complexity index is 3090. The van der Waals surface area contributed by atoms with Crippen molar-refractivity contribution >= 4 is 40.0 Å². The van der Waals surface area contributed by atoms with Gasteiger partial charge in [-0.05, 0) is 90.5 Å². The Morgan fingerprint density at radius 3 is 2.10 bits per heavy atom. The summed E-state index contributed by atoms with van der Waals surface area (Å²) >= 11 is 0. The molecule has 0 aromatic heterocycles. The standard InChI is InChI=1S/C27H19NO5.C21H15NO4.HNO3/c1-28(16-6-9-18(29)10-7-16)17-8-12-22-24(14-17)32-25-15-19(30)11-13-23(25)27(22)21-5-3-2-4-20(21)26(31)33-27;1-22-12-6-8-16-18(10-12)26-19-11-13(23)7-9-17(19)20(16)14-4-2-3-5-15(14)21(24)25;2-1-4-3/h2-15,29-30H,1H3;2-11,22H,1H3,(H,24,25);3H/p-1. The van der Waals surface area contributed by atoms with Gasteiger partial charge in [0.2, 0.25) is 0 Å². The predicted molar refractivity (Wildman–Crippen MR) is 230 cm³/mol. The fraction of sp³-hybridized carbons (Fsp3) is 0.0625. The molecule has 6 aromatic carbocycles. The maximum absolute atomic E-state index is 12.9. The number of nitrogens with zero attached hydrogens (tertiary/aromatic N) is 2. The number of phenols is 2. The second-order valence-electron chi connectivity index (χ2n) is 14.3. The quantitative estimate of drug-likeness (QED) is 0.0404. The summed E-state index contributed by atoms with van der Waals surface area (Å²) in [5.74, 6) is 0.228. The molecule has 6 aromatic rings. The summed E-state index contributed by atoms with van der Waals surface area (Å²) in [5, 5.41) is 42.9. The summed E-state index contributed by atoms with van der Waals surface area (Å²) in [6, 6.07) is 41.8. The average molecular weight is 845 g/mol. The number of nitrogens with one attached hydrogen (secondary N) is 1. The van der Waals surface area contributed by atoms with Gasteiger partial charge in [-0.3, -0.25) is 4.79 Å². The van der Waals surface area contributed by atoms with Gasteiger partial charge in [-0.1, -0.05) is 36.4 Å². The Labute approximate surface area is 357 Å². The molecule has 0 bridgehead atoms. The molecule has 0 saturated heterocycles. The molecule has 15 nitrogen and oxygen atoms in total. The van der Waals surface area contributed by atoms with Gasteiger partial charge in [-0.15, -0.1) is 4.91 Å². The molecule has 15 heteroatoms. The van der Waals surface area contributed by atoms with Gasteiger partial charge in [0.05, 0.1) is 11.1 Å². The molecule has 63 heavy (non-hydrogen) atoms. The second kappa shape index (κ2) is 16.8. The molecule has 10 rings (SSSR count). The van der Waals surface area contributed by atoms with Crippen LogP contribution in [-0.4, -0.2) is 41.4 Å². The topological polar surface area (TPSA) is 220 Å². The molecular weight excluding hydrogens is 811 g/mol. The van der Waals surface area contributed by atoms with E-state index in [0.717, 1.165) is 33.6 Å². The first-order chi connectivity index (χ1) is 30.5. The van der Waals surface area contributed by atoms with Gasteiger partial charge in [-0.2, -0.15) is 0 Å². The third-order valence-electron chi connectivity index (χ3n) is 10.7. The summed E-state index contributed by atoms with van der Waals surface area (Å²) in [6.45, 7) is 0. The van der Waals surface area contributed by atoms with Crippen LogP contribution in [0.15, 0.2) is 160 Å². The highest BCUT2D eigenvalue weighted by molar-refractivity contribution is 6.07. The van der Waals surface area contributed by atoms with Crippen molar-refractivity contribution in [1.29, 1.82) is 0 Å². The molecule has 0 amide bonds. The molecule has 4 aliphatic rings. The number of hydrogen-bond donors (Lipinski definition) is 4. The Morgan fingerprint density at radius 2 is 1.38 bits per heavy atom. The van der Waals surface area contributed by atoms with E-state index in [1.807, 2.05) is 78.7 Å². The number of ether oxygens (including phenoxy) is 2. The van der Waals surface area contributed by atoms with Crippen LogP contribution in [0.3, 0.4) is 0 Å². The lowest BCUT2D eigenvalue weighted by Crippen LogP contribution is -2.33. The summed E-state index contributed by atoms with van der Waals surface area (Å²) < 4.78 is 18.3. The molecule has 3 heterocycles. The van der Waals surface area contributed by atoms with Crippen LogP contribution >= 0.6 is 0 Å². The number of carboxylic acid groups (broad SMARTS) is 1. The van der Waals surface area contributed by atoms with Crippen LogP contribution in [-0.2, 0) is 15.3 Å². The van der Waals surface area contributed by atoms with E-state index in [9.17, 15) is 29.7 Å². The van der Waals surface area contributed by atoms with Crippen LogP contribution in [0.25, 0.3) is 33.4 Å². The largest absolute Gasteiger partial charge is 0.635 e. The molecule has 1 atom stereocenters. The number of carbonyl (C=O) groups excluding carboxylic acids is 1. The van der Waals surface area contributed by atoms with Crippen LogP contribution in [0, 0.1) is 4.91 Å². The molecule has 4 N–H and O–H groups in total. The molecule has 1 spiro atoms. The Hall–Kier alpha value is -8.69. The first kappa shape index (κ1) is 41.1. The predicted octanol–water partition coefficient (Wildman–Crippen LogP) is 8.70. The van der Waals surface area contributed by atoms with E-state index in [2.05, 4.69) is 10.3 Å². The van der Waals surface area contributed by atoms with E-state index in [-0.39, 0.29) is 22.5 Å². The average Bonchev–Trinajstić information content (AvgIpc) is 3.59. The number of hydrogen-bond acceptors (Lipinski definition) is 14. The van der Waals surface area contributed by atoms with E-state index >= 15 is 0 Å². The van der Waals surface area contributed by atoms with Gasteiger partial charge in [0, 0.05) is 88.6 Å². The molecule has 0 saturated carbocycles. The SMILES string of the molecule is CN(c1ccc(O)cc1)c1ccc2c(c1)Oc1cc(O)ccc1C21OC(=O)c2ccccc21.CNc1ccc2c(-c3ccccc3C(=O)O)c3ccc(=O)cc-3oc2c1.O=NO[O-]. The van der Waals surface area contributed by atoms with Gasteiger partial charge in [-0.25, -0.2) is 9.59 Å². The Morgan fingerprint density at radius 1 is 0.730 bits per heavy atom. The fourth-order valence-corrected chi connectivity index (χ4v) is 7.89. The van der Waals surface area contributed by atoms with Crippen molar-refractivity contribution in [2.45, 2.75) is 5.60 Å². The molecule has 1 aliphatic carbocycles. The smallest absolute Gasteiger partial charge is 0.340 e. The minimum absolute atomic E-state index is 0.0577. The van der Waals surface area contributed by atoms with Gasteiger partial charge in [0.25, 0.3) is 0 Å². The molecule has 3 aliphatic heterocycles. The monoisotopic (exact) mass is 844 g/mol. The minimum atomic E-state index is -1.17. The van der Waals surface area contributed by atoms with Crippen molar-refractivity contribution in [3.05, 3.63) is 189 Å². The zero-order chi connectivity index (χ0) is 44.4. The van der Waals surface area contributed by atoms with Crippen LogP contribution in [0.1, 0.15) is 37.4 Å². The molecular formula is C48H34N3O12-. The van der Waals surface area contributed by atoms with Gasteiger partial charge in [0.15, 0.2) is 11.0 Å². The van der Waals surface area contributed by atoms with Crippen LogP contribution in [0.2, 0.25) is 0 Å². The Kier molecular flexibility index (Phi) is 10.9. The van der Waals surface area contributed by atoms with E-state index in [1.165, 1.54) is 23.5 Å². The van der Waals surface area contributed by atoms with Crippen molar-refractivity contribution in [3.63, 3.8) is 0 Å². The van der Waals surface area contributed by atoms with Gasteiger partial charge in [0.1, 0.15) is 39.7 Å². The zero-order valence-corrected chi connectivity index (χ0v) is 33.3. The molecule has 0 fully saturated rings. The summed E-state index contributed by atoms with van der Waals surface area (Å²) in [7, 11) is 3.72.